The lowest BCUT2D eigenvalue weighted by molar-refractivity contribution is 0.333. The summed E-state index contributed by atoms with van der Waals surface area (Å²) in [6, 6.07) is 21.8. The Kier molecular flexibility index (Phi) is 1.93. The molecule has 3 aliphatic carbocycles. The maximum absolute atomic E-state index is 6.67. The van der Waals surface area contributed by atoms with Crippen LogP contribution in [-0.4, -0.2) is 0 Å². The number of halogens is 1. The van der Waals surface area contributed by atoms with Crippen molar-refractivity contribution in [3.63, 3.8) is 0 Å². The fourth-order valence-electron chi connectivity index (χ4n) is 5.49. The number of hydrogen-bond acceptors (Lipinski definition) is 1. The molecule has 0 heterocycles. The van der Waals surface area contributed by atoms with E-state index in [1.165, 1.54) is 33.4 Å². The fraction of sp³-hybridized carbons (Fsp3) is 0.143. The number of nitrogen functional groups attached to an aromatic ring is 1. The lowest BCUT2D eigenvalue weighted by Crippen LogP contribution is -2.52. The van der Waals surface area contributed by atoms with Gasteiger partial charge in [0.1, 0.15) is 0 Å². The van der Waals surface area contributed by atoms with Crippen LogP contribution in [0.3, 0.4) is 0 Å². The van der Waals surface area contributed by atoms with Crippen molar-refractivity contribution in [2.75, 3.05) is 5.73 Å². The number of fused-ring (bicyclic) bond motifs is 7. The van der Waals surface area contributed by atoms with Crippen LogP contribution in [0.1, 0.15) is 45.2 Å². The van der Waals surface area contributed by atoms with Crippen molar-refractivity contribution in [2.24, 2.45) is 0 Å². The molecule has 0 aromatic heterocycles. The second-order valence-corrected chi connectivity index (χ2v) is 7.26. The Hall–Kier alpha value is -2.25. The molecule has 3 aromatic rings. The molecule has 0 amide bonds. The van der Waals surface area contributed by atoms with E-state index in [4.69, 9.17) is 17.3 Å². The van der Waals surface area contributed by atoms with Crippen LogP contribution in [0.15, 0.2) is 60.7 Å². The van der Waals surface area contributed by atoms with Gasteiger partial charge in [-0.1, -0.05) is 66.2 Å². The molecular weight excluding hydrogens is 302 g/mol. The van der Waals surface area contributed by atoms with Gasteiger partial charge in [-0.15, -0.1) is 0 Å². The summed E-state index contributed by atoms with van der Waals surface area (Å²) < 4.78 is 0. The zero-order chi connectivity index (χ0) is 15.3. The van der Waals surface area contributed by atoms with Gasteiger partial charge in [0.15, 0.2) is 0 Å². The third-order valence-corrected chi connectivity index (χ3v) is 6.61. The number of rotatable bonds is 0. The molecule has 3 aliphatic rings. The summed E-state index contributed by atoms with van der Waals surface area (Å²) in [5.74, 6) is 0.774. The van der Waals surface area contributed by atoms with Gasteiger partial charge in [-0.25, -0.2) is 0 Å². The van der Waals surface area contributed by atoms with Crippen molar-refractivity contribution in [3.05, 3.63) is 99.1 Å². The Labute approximate surface area is 139 Å². The highest BCUT2D eigenvalue weighted by Gasteiger charge is 2.69. The van der Waals surface area contributed by atoms with Crippen molar-refractivity contribution >= 4 is 17.3 Å². The molecule has 3 atom stereocenters. The molecule has 6 rings (SSSR count). The van der Waals surface area contributed by atoms with Crippen LogP contribution in [-0.2, 0) is 5.41 Å². The van der Waals surface area contributed by atoms with E-state index in [-0.39, 0.29) is 5.41 Å². The average Bonchev–Trinajstić information content (AvgIpc) is 2.77. The van der Waals surface area contributed by atoms with Crippen LogP contribution in [0.25, 0.3) is 0 Å². The van der Waals surface area contributed by atoms with Gasteiger partial charge in [0, 0.05) is 17.3 Å². The molecule has 23 heavy (non-hydrogen) atoms. The van der Waals surface area contributed by atoms with Crippen LogP contribution in [0.4, 0.5) is 5.69 Å². The molecule has 0 fully saturated rings. The minimum Gasteiger partial charge on any atom is -0.398 e. The molecule has 0 saturated carbocycles. The first-order chi connectivity index (χ1) is 11.3. The quantitative estimate of drug-likeness (QED) is 0.592. The van der Waals surface area contributed by atoms with E-state index in [9.17, 15) is 0 Å². The van der Waals surface area contributed by atoms with E-state index < -0.39 is 0 Å². The highest BCUT2D eigenvalue weighted by atomic mass is 35.5. The summed E-state index contributed by atoms with van der Waals surface area (Å²) >= 11 is 6.67. The number of hydrogen-bond donors (Lipinski definition) is 1. The number of anilines is 1. The summed E-state index contributed by atoms with van der Waals surface area (Å²) in [6.45, 7) is 0. The SMILES string of the molecule is Nc1ccc2c(c1Cl)C1c3ccccc3C13c1ccccc1C23. The molecule has 3 unspecified atom stereocenters. The first-order valence-electron chi connectivity index (χ1n) is 8.03. The highest BCUT2D eigenvalue weighted by molar-refractivity contribution is 6.34. The molecule has 110 valence electrons. The summed E-state index contributed by atoms with van der Waals surface area (Å²) in [6.07, 6.45) is 0. The van der Waals surface area contributed by atoms with E-state index in [1.807, 2.05) is 6.07 Å². The van der Waals surface area contributed by atoms with Crippen molar-refractivity contribution in [1.29, 1.82) is 0 Å². The van der Waals surface area contributed by atoms with Crippen LogP contribution in [0.2, 0.25) is 5.02 Å². The molecule has 0 aliphatic heterocycles. The molecule has 0 bridgehead atoms. The van der Waals surface area contributed by atoms with Crippen molar-refractivity contribution < 1.29 is 0 Å². The standard InChI is InChI=1S/C21H14ClN/c22-20-16(23)10-9-13-17(20)19-12-6-2-4-8-15(12)21(19)14-7-3-1-5-11(14)18(13)21/h1-10,18-19H,23H2. The first-order valence-corrected chi connectivity index (χ1v) is 8.40. The van der Waals surface area contributed by atoms with Crippen LogP contribution < -0.4 is 5.73 Å². The maximum atomic E-state index is 6.67. The predicted octanol–water partition coefficient (Wildman–Crippen LogP) is 4.81. The van der Waals surface area contributed by atoms with Crippen molar-refractivity contribution in [3.8, 4) is 0 Å². The minimum atomic E-state index is 0.0902. The Balaban J connectivity index is 1.77. The van der Waals surface area contributed by atoms with Gasteiger partial charge in [0.05, 0.1) is 10.7 Å². The maximum Gasteiger partial charge on any atom is 0.0677 e. The second kappa shape index (κ2) is 3.63. The minimum absolute atomic E-state index is 0.0902. The first kappa shape index (κ1) is 12.2. The van der Waals surface area contributed by atoms with Gasteiger partial charge < -0.3 is 5.73 Å². The summed E-state index contributed by atoms with van der Waals surface area (Å²) in [5, 5.41) is 0.752. The van der Waals surface area contributed by atoms with E-state index in [0.717, 1.165) is 5.02 Å². The molecule has 1 nitrogen and oxygen atoms in total. The Morgan fingerprint density at radius 1 is 0.739 bits per heavy atom. The normalized spacial score (nSPS) is 27.7. The van der Waals surface area contributed by atoms with Crippen LogP contribution in [0.5, 0.6) is 0 Å². The van der Waals surface area contributed by atoms with E-state index in [1.54, 1.807) is 0 Å². The topological polar surface area (TPSA) is 26.0 Å². The van der Waals surface area contributed by atoms with Gasteiger partial charge in [-0.05, 0) is 39.4 Å². The van der Waals surface area contributed by atoms with Gasteiger partial charge >= 0.3 is 0 Å². The molecule has 0 saturated heterocycles. The molecule has 1 spiro atoms. The summed E-state index contributed by atoms with van der Waals surface area (Å²) in [5.41, 5.74) is 15.3. The largest absolute Gasteiger partial charge is 0.398 e. The van der Waals surface area contributed by atoms with Gasteiger partial charge in [-0.2, -0.15) is 0 Å². The van der Waals surface area contributed by atoms with Gasteiger partial charge in [0.2, 0.25) is 0 Å². The molecule has 0 radical (unpaired) electrons. The number of benzene rings is 3. The van der Waals surface area contributed by atoms with E-state index >= 15 is 0 Å². The van der Waals surface area contributed by atoms with E-state index in [0.29, 0.717) is 17.5 Å². The van der Waals surface area contributed by atoms with Crippen molar-refractivity contribution in [2.45, 2.75) is 17.3 Å². The average molecular weight is 316 g/mol. The Morgan fingerprint density at radius 2 is 1.35 bits per heavy atom. The predicted molar refractivity (Wildman–Crippen MR) is 93.2 cm³/mol. The zero-order valence-corrected chi connectivity index (χ0v) is 13.1. The smallest absolute Gasteiger partial charge is 0.0677 e. The fourth-order valence-corrected chi connectivity index (χ4v) is 5.77. The Bertz CT molecular complexity index is 1020. The monoisotopic (exact) mass is 315 g/mol. The lowest BCUT2D eigenvalue weighted by Gasteiger charge is -2.58. The van der Waals surface area contributed by atoms with Crippen molar-refractivity contribution in [1.82, 2.24) is 0 Å². The Morgan fingerprint density at radius 3 is 2.04 bits per heavy atom. The summed E-state index contributed by atoms with van der Waals surface area (Å²) in [4.78, 5) is 0. The lowest BCUT2D eigenvalue weighted by atomic mass is 9.43. The van der Waals surface area contributed by atoms with Crippen LogP contribution >= 0.6 is 11.6 Å². The van der Waals surface area contributed by atoms with E-state index in [2.05, 4.69) is 54.6 Å². The third-order valence-electron chi connectivity index (χ3n) is 6.19. The molecule has 3 aromatic carbocycles. The summed E-state index contributed by atoms with van der Waals surface area (Å²) in [7, 11) is 0. The third kappa shape index (κ3) is 1.06. The number of nitrogens with two attached hydrogens (primary N) is 1. The molecule has 2 N–H and O–H groups in total. The highest BCUT2D eigenvalue weighted by Crippen LogP contribution is 2.77. The van der Waals surface area contributed by atoms with Gasteiger partial charge in [-0.3, -0.25) is 0 Å². The molecular formula is C21H14ClN. The second-order valence-electron chi connectivity index (χ2n) is 6.88. The van der Waals surface area contributed by atoms with Crippen LogP contribution in [0, 0.1) is 0 Å². The van der Waals surface area contributed by atoms with Gasteiger partial charge in [0.25, 0.3) is 0 Å². The zero-order valence-electron chi connectivity index (χ0n) is 12.4. The molecule has 2 heteroatoms.